The number of rotatable bonds is 3. The van der Waals surface area contributed by atoms with Gasteiger partial charge in [0.25, 0.3) is 5.91 Å². The van der Waals surface area contributed by atoms with Crippen molar-refractivity contribution in [2.75, 3.05) is 6.61 Å². The van der Waals surface area contributed by atoms with E-state index in [2.05, 4.69) is 5.32 Å². The van der Waals surface area contributed by atoms with Crippen LogP contribution < -0.4 is 5.32 Å². The van der Waals surface area contributed by atoms with E-state index in [1.807, 2.05) is 0 Å². The van der Waals surface area contributed by atoms with Crippen molar-refractivity contribution in [1.82, 2.24) is 5.32 Å². The maximum absolute atomic E-state index is 12.3. The van der Waals surface area contributed by atoms with Crippen LogP contribution in [0.1, 0.15) is 59.2 Å². The van der Waals surface area contributed by atoms with Gasteiger partial charge in [0, 0.05) is 18.2 Å². The number of benzene rings is 1. The Kier molecular flexibility index (Phi) is 4.16. The Balaban J connectivity index is 1.62. The molecule has 3 rings (SSSR count). The van der Waals surface area contributed by atoms with Gasteiger partial charge in [0.15, 0.2) is 0 Å². The number of carboxylic acids is 1. The molecule has 1 spiro atoms. The largest absolute Gasteiger partial charge is 0.478 e. The van der Waals surface area contributed by atoms with Gasteiger partial charge in [0.05, 0.1) is 11.2 Å². The number of hydrogen-bond donors (Lipinski definition) is 2. The van der Waals surface area contributed by atoms with E-state index in [9.17, 15) is 9.59 Å². The number of amides is 1. The molecular formula is C17H21NO4. The number of hydrogen-bond acceptors (Lipinski definition) is 3. The smallest absolute Gasteiger partial charge is 0.335 e. The molecular weight excluding hydrogens is 282 g/mol. The van der Waals surface area contributed by atoms with Gasteiger partial charge in [-0.15, -0.1) is 0 Å². The molecule has 5 heteroatoms. The van der Waals surface area contributed by atoms with E-state index in [1.54, 1.807) is 12.1 Å². The Labute approximate surface area is 129 Å². The number of aromatic carboxylic acids is 1. The average Bonchev–Trinajstić information content (AvgIpc) is 2.95. The highest BCUT2D eigenvalue weighted by Crippen LogP contribution is 2.39. The SMILES string of the molecule is O=C(O)c1ccc(C(=O)NC2CCOC3(CCCC3)C2)cc1. The normalized spacial score (nSPS) is 23.4. The Bertz CT molecular complexity index is 561. The van der Waals surface area contributed by atoms with Crippen LogP contribution in [0.5, 0.6) is 0 Å². The summed E-state index contributed by atoms with van der Waals surface area (Å²) in [6.07, 6.45) is 6.31. The van der Waals surface area contributed by atoms with Gasteiger partial charge >= 0.3 is 5.97 Å². The highest BCUT2D eigenvalue weighted by molar-refractivity contribution is 5.96. The predicted molar refractivity (Wildman–Crippen MR) is 81.0 cm³/mol. The van der Waals surface area contributed by atoms with Crippen LogP contribution in [0.2, 0.25) is 0 Å². The van der Waals surface area contributed by atoms with Crippen molar-refractivity contribution in [3.8, 4) is 0 Å². The van der Waals surface area contributed by atoms with Crippen molar-refractivity contribution < 1.29 is 19.4 Å². The van der Waals surface area contributed by atoms with Gasteiger partial charge in [0.2, 0.25) is 0 Å². The first-order valence-corrected chi connectivity index (χ1v) is 7.86. The Hall–Kier alpha value is -1.88. The van der Waals surface area contributed by atoms with Crippen molar-refractivity contribution in [3.05, 3.63) is 35.4 Å². The molecule has 118 valence electrons. The average molecular weight is 303 g/mol. The summed E-state index contributed by atoms with van der Waals surface area (Å²) in [5.41, 5.74) is 0.660. The summed E-state index contributed by atoms with van der Waals surface area (Å²) in [6, 6.07) is 6.17. The number of ether oxygens (including phenoxy) is 1. The molecule has 2 aliphatic rings. The molecule has 1 aliphatic carbocycles. The summed E-state index contributed by atoms with van der Waals surface area (Å²) in [7, 11) is 0. The first kappa shape index (κ1) is 15.0. The van der Waals surface area contributed by atoms with E-state index in [4.69, 9.17) is 9.84 Å². The Morgan fingerprint density at radius 3 is 2.41 bits per heavy atom. The van der Waals surface area contributed by atoms with Crippen LogP contribution in [-0.2, 0) is 4.74 Å². The molecule has 5 nitrogen and oxygen atoms in total. The fourth-order valence-electron chi connectivity index (χ4n) is 3.55. The Morgan fingerprint density at radius 2 is 1.77 bits per heavy atom. The van der Waals surface area contributed by atoms with Gasteiger partial charge in [-0.3, -0.25) is 4.79 Å². The minimum atomic E-state index is -0.987. The van der Waals surface area contributed by atoms with Gasteiger partial charge in [-0.1, -0.05) is 12.8 Å². The zero-order chi connectivity index (χ0) is 15.6. The van der Waals surface area contributed by atoms with Gasteiger partial charge in [0.1, 0.15) is 0 Å². The lowest BCUT2D eigenvalue weighted by molar-refractivity contribution is -0.0823. The lowest BCUT2D eigenvalue weighted by atomic mass is 9.89. The quantitative estimate of drug-likeness (QED) is 0.900. The van der Waals surface area contributed by atoms with E-state index in [0.717, 1.165) is 25.7 Å². The number of carbonyl (C=O) groups excluding carboxylic acids is 1. The highest BCUT2D eigenvalue weighted by atomic mass is 16.5. The minimum Gasteiger partial charge on any atom is -0.478 e. The molecule has 1 atom stereocenters. The maximum atomic E-state index is 12.3. The molecule has 1 aliphatic heterocycles. The number of carbonyl (C=O) groups is 2. The van der Waals surface area contributed by atoms with E-state index in [-0.39, 0.29) is 23.1 Å². The maximum Gasteiger partial charge on any atom is 0.335 e. The lowest BCUT2D eigenvalue weighted by Gasteiger charge is -2.38. The van der Waals surface area contributed by atoms with Gasteiger partial charge in [-0.25, -0.2) is 4.79 Å². The standard InChI is InChI=1S/C17H21NO4/c19-15(12-3-5-13(6-4-12)16(20)21)18-14-7-10-22-17(11-14)8-1-2-9-17/h3-6,14H,1-2,7-11H2,(H,18,19)(H,20,21). The second-order valence-electron chi connectivity index (χ2n) is 6.28. The summed E-state index contributed by atoms with van der Waals surface area (Å²) in [4.78, 5) is 23.1. The van der Waals surface area contributed by atoms with Crippen molar-refractivity contribution in [2.24, 2.45) is 0 Å². The van der Waals surface area contributed by atoms with E-state index in [0.29, 0.717) is 12.2 Å². The fraction of sp³-hybridized carbons (Fsp3) is 0.529. The van der Waals surface area contributed by atoms with Crippen molar-refractivity contribution >= 4 is 11.9 Å². The molecule has 0 radical (unpaired) electrons. The molecule has 1 unspecified atom stereocenters. The van der Waals surface area contributed by atoms with Crippen molar-refractivity contribution in [3.63, 3.8) is 0 Å². The van der Waals surface area contributed by atoms with Crippen LogP contribution in [-0.4, -0.2) is 35.2 Å². The second-order valence-corrected chi connectivity index (χ2v) is 6.28. The number of nitrogens with one attached hydrogen (secondary N) is 1. The minimum absolute atomic E-state index is 0.0244. The summed E-state index contributed by atoms with van der Waals surface area (Å²) in [5, 5.41) is 11.9. The summed E-state index contributed by atoms with van der Waals surface area (Å²) >= 11 is 0. The summed E-state index contributed by atoms with van der Waals surface area (Å²) in [6.45, 7) is 0.697. The molecule has 1 amide bonds. The zero-order valence-corrected chi connectivity index (χ0v) is 12.5. The van der Waals surface area contributed by atoms with E-state index < -0.39 is 5.97 Å². The molecule has 2 fully saturated rings. The van der Waals surface area contributed by atoms with Crippen LogP contribution in [0.25, 0.3) is 0 Å². The highest BCUT2D eigenvalue weighted by Gasteiger charge is 2.40. The van der Waals surface area contributed by atoms with Crippen LogP contribution in [0.3, 0.4) is 0 Å². The molecule has 22 heavy (non-hydrogen) atoms. The molecule has 1 aromatic carbocycles. The third-order valence-electron chi connectivity index (χ3n) is 4.74. The third kappa shape index (κ3) is 3.14. The molecule has 1 saturated heterocycles. The summed E-state index contributed by atoms with van der Waals surface area (Å²) < 4.78 is 5.97. The van der Waals surface area contributed by atoms with Gasteiger partial charge in [-0.2, -0.15) is 0 Å². The first-order valence-electron chi connectivity index (χ1n) is 7.86. The van der Waals surface area contributed by atoms with Gasteiger partial charge in [-0.05, 0) is 49.9 Å². The second kappa shape index (κ2) is 6.08. The number of carboxylic acid groups (broad SMARTS) is 1. The van der Waals surface area contributed by atoms with Crippen LogP contribution in [0.4, 0.5) is 0 Å². The molecule has 0 bridgehead atoms. The molecule has 0 aromatic heterocycles. The van der Waals surface area contributed by atoms with E-state index in [1.165, 1.54) is 25.0 Å². The van der Waals surface area contributed by atoms with Crippen LogP contribution in [0, 0.1) is 0 Å². The fourth-order valence-corrected chi connectivity index (χ4v) is 3.55. The molecule has 1 heterocycles. The monoisotopic (exact) mass is 303 g/mol. The van der Waals surface area contributed by atoms with E-state index >= 15 is 0 Å². The van der Waals surface area contributed by atoms with Crippen molar-refractivity contribution in [2.45, 2.75) is 50.2 Å². The summed E-state index contributed by atoms with van der Waals surface area (Å²) in [5.74, 6) is -1.13. The zero-order valence-electron chi connectivity index (χ0n) is 12.5. The van der Waals surface area contributed by atoms with Crippen LogP contribution >= 0.6 is 0 Å². The third-order valence-corrected chi connectivity index (χ3v) is 4.74. The van der Waals surface area contributed by atoms with Crippen molar-refractivity contribution in [1.29, 1.82) is 0 Å². The first-order chi connectivity index (χ1) is 10.6. The van der Waals surface area contributed by atoms with Gasteiger partial charge < -0.3 is 15.2 Å². The Morgan fingerprint density at radius 1 is 1.14 bits per heavy atom. The molecule has 2 N–H and O–H groups in total. The molecule has 1 saturated carbocycles. The topological polar surface area (TPSA) is 75.6 Å². The molecule has 1 aromatic rings. The van der Waals surface area contributed by atoms with Crippen LogP contribution in [0.15, 0.2) is 24.3 Å². The predicted octanol–water partition coefficient (Wildman–Crippen LogP) is 2.61. The lowest BCUT2D eigenvalue weighted by Crippen LogP contribution is -2.47.